The number of nitrogens with one attached hydrogen (secondary N) is 1. The zero-order valence-corrected chi connectivity index (χ0v) is 7.65. The summed E-state index contributed by atoms with van der Waals surface area (Å²) in [4.78, 5) is 17.0. The first-order valence-electron chi connectivity index (χ1n) is 4.11. The number of aromatic nitrogens is 3. The summed E-state index contributed by atoms with van der Waals surface area (Å²) in [5, 5.41) is 12.1. The second-order valence-electron chi connectivity index (χ2n) is 2.84. The molecular formula is C8H5F2N3O3. The standard InChI is InChI=1S/C8H5F2N3O3/c9-7(10)6-4(8(14)15)5(13-16-6)3-1-11-2-12-3/h1-2,7H,(H,11,12)(H,14,15). The van der Waals surface area contributed by atoms with Crippen molar-refractivity contribution in [1.82, 2.24) is 15.1 Å². The van der Waals surface area contributed by atoms with E-state index in [1.165, 1.54) is 12.5 Å². The van der Waals surface area contributed by atoms with Gasteiger partial charge in [0.15, 0.2) is 0 Å². The number of H-pyrrole nitrogens is 1. The monoisotopic (exact) mass is 229 g/mol. The van der Waals surface area contributed by atoms with Crippen LogP contribution in [0.5, 0.6) is 0 Å². The molecule has 0 aromatic carbocycles. The van der Waals surface area contributed by atoms with E-state index in [-0.39, 0.29) is 11.4 Å². The van der Waals surface area contributed by atoms with Gasteiger partial charge in [0.05, 0.1) is 18.2 Å². The maximum atomic E-state index is 12.4. The van der Waals surface area contributed by atoms with Gasteiger partial charge in [0, 0.05) is 0 Å². The summed E-state index contributed by atoms with van der Waals surface area (Å²) < 4.78 is 29.2. The van der Waals surface area contributed by atoms with Crippen molar-refractivity contribution < 1.29 is 23.2 Å². The van der Waals surface area contributed by atoms with Gasteiger partial charge < -0.3 is 14.6 Å². The van der Waals surface area contributed by atoms with E-state index in [0.717, 1.165) is 0 Å². The van der Waals surface area contributed by atoms with Crippen LogP contribution in [0.15, 0.2) is 17.0 Å². The lowest BCUT2D eigenvalue weighted by atomic mass is 10.1. The number of halogens is 2. The highest BCUT2D eigenvalue weighted by Crippen LogP contribution is 2.30. The number of hydrogen-bond donors (Lipinski definition) is 2. The first-order chi connectivity index (χ1) is 7.61. The van der Waals surface area contributed by atoms with Gasteiger partial charge >= 0.3 is 5.97 Å². The highest BCUT2D eigenvalue weighted by atomic mass is 19.3. The molecule has 0 radical (unpaired) electrons. The third kappa shape index (κ3) is 1.53. The highest BCUT2D eigenvalue weighted by molar-refractivity contribution is 5.95. The summed E-state index contributed by atoms with van der Waals surface area (Å²) in [5.74, 6) is -2.49. The van der Waals surface area contributed by atoms with Crippen LogP contribution >= 0.6 is 0 Å². The fraction of sp³-hybridized carbons (Fsp3) is 0.125. The molecule has 0 unspecified atom stereocenters. The van der Waals surface area contributed by atoms with Gasteiger partial charge in [-0.15, -0.1) is 0 Å². The summed E-state index contributed by atoms with van der Waals surface area (Å²) in [6.45, 7) is 0. The molecule has 0 bridgehead atoms. The zero-order valence-electron chi connectivity index (χ0n) is 7.65. The largest absolute Gasteiger partial charge is 0.477 e. The van der Waals surface area contributed by atoms with Crippen LogP contribution in [-0.4, -0.2) is 26.2 Å². The van der Waals surface area contributed by atoms with Gasteiger partial charge in [-0.25, -0.2) is 18.6 Å². The van der Waals surface area contributed by atoms with Crippen molar-refractivity contribution in [1.29, 1.82) is 0 Å². The average molecular weight is 229 g/mol. The Labute approximate surface area is 86.9 Å². The average Bonchev–Trinajstić information content (AvgIpc) is 2.85. The molecule has 0 aliphatic rings. The first-order valence-corrected chi connectivity index (χ1v) is 4.11. The predicted octanol–water partition coefficient (Wildman–Crippen LogP) is 1.70. The minimum atomic E-state index is -3.03. The van der Waals surface area contributed by atoms with Crippen molar-refractivity contribution in [2.75, 3.05) is 0 Å². The van der Waals surface area contributed by atoms with Crippen LogP contribution in [0, 0.1) is 0 Å². The van der Waals surface area contributed by atoms with Crippen LogP contribution in [0.25, 0.3) is 11.4 Å². The van der Waals surface area contributed by atoms with Crippen molar-refractivity contribution in [2.45, 2.75) is 6.43 Å². The Kier molecular flexibility index (Phi) is 2.39. The summed E-state index contributed by atoms with van der Waals surface area (Å²) in [6.07, 6.45) is -0.493. The van der Waals surface area contributed by atoms with Gasteiger partial charge in [-0.05, 0) is 0 Å². The fourth-order valence-corrected chi connectivity index (χ4v) is 1.23. The highest BCUT2D eigenvalue weighted by Gasteiger charge is 2.29. The lowest BCUT2D eigenvalue weighted by molar-refractivity contribution is 0.0670. The summed E-state index contributed by atoms with van der Waals surface area (Å²) in [7, 11) is 0. The smallest absolute Gasteiger partial charge is 0.341 e. The second kappa shape index (κ2) is 3.72. The molecule has 2 heterocycles. The van der Waals surface area contributed by atoms with E-state index in [1.54, 1.807) is 0 Å². The maximum Gasteiger partial charge on any atom is 0.341 e. The van der Waals surface area contributed by atoms with Gasteiger partial charge in [-0.1, -0.05) is 5.16 Å². The SMILES string of the molecule is O=C(O)c1c(-c2cnc[nH]2)noc1C(F)F. The maximum absolute atomic E-state index is 12.4. The number of carboxylic acid groups (broad SMARTS) is 1. The van der Waals surface area contributed by atoms with E-state index in [4.69, 9.17) is 5.11 Å². The number of imidazole rings is 1. The fourth-order valence-electron chi connectivity index (χ4n) is 1.23. The molecule has 8 heteroatoms. The van der Waals surface area contributed by atoms with Gasteiger partial charge in [-0.2, -0.15) is 0 Å². The Bertz CT molecular complexity index is 507. The lowest BCUT2D eigenvalue weighted by Gasteiger charge is -1.95. The molecule has 2 N–H and O–H groups in total. The van der Waals surface area contributed by atoms with E-state index in [9.17, 15) is 13.6 Å². The summed E-state index contributed by atoms with van der Waals surface area (Å²) in [6, 6.07) is 0. The third-order valence-corrected chi connectivity index (χ3v) is 1.88. The number of nitrogens with zero attached hydrogens (tertiary/aromatic N) is 2. The van der Waals surface area contributed by atoms with Crippen LogP contribution < -0.4 is 0 Å². The number of carbonyl (C=O) groups is 1. The molecule has 0 atom stereocenters. The van der Waals surface area contributed by atoms with Crippen LogP contribution in [0.2, 0.25) is 0 Å². The minimum absolute atomic E-state index is 0.194. The lowest BCUT2D eigenvalue weighted by Crippen LogP contribution is -2.01. The Morgan fingerprint density at radius 1 is 1.56 bits per heavy atom. The molecule has 0 saturated heterocycles. The van der Waals surface area contributed by atoms with Crippen LogP contribution in [0.3, 0.4) is 0 Å². The van der Waals surface area contributed by atoms with Crippen LogP contribution in [0.1, 0.15) is 22.5 Å². The molecule has 84 valence electrons. The number of alkyl halides is 2. The normalized spacial score (nSPS) is 10.9. The van der Waals surface area contributed by atoms with Crippen molar-refractivity contribution >= 4 is 5.97 Å². The number of aromatic carboxylic acids is 1. The molecule has 0 aliphatic carbocycles. The Morgan fingerprint density at radius 2 is 2.31 bits per heavy atom. The predicted molar refractivity (Wildman–Crippen MR) is 46.0 cm³/mol. The van der Waals surface area contributed by atoms with Crippen molar-refractivity contribution in [2.24, 2.45) is 0 Å². The molecule has 0 fully saturated rings. The van der Waals surface area contributed by atoms with Gasteiger partial charge in [0.1, 0.15) is 11.3 Å². The van der Waals surface area contributed by atoms with E-state index in [0.29, 0.717) is 0 Å². The summed E-state index contributed by atoms with van der Waals surface area (Å²) >= 11 is 0. The quantitative estimate of drug-likeness (QED) is 0.835. The molecule has 0 aliphatic heterocycles. The second-order valence-corrected chi connectivity index (χ2v) is 2.84. The summed E-state index contributed by atoms with van der Waals surface area (Å²) in [5.41, 5.74) is -0.646. The van der Waals surface area contributed by atoms with E-state index in [2.05, 4.69) is 19.6 Å². The number of carboxylic acids is 1. The minimum Gasteiger partial charge on any atom is -0.477 e. The zero-order chi connectivity index (χ0) is 11.7. The topological polar surface area (TPSA) is 92.0 Å². The molecule has 2 rings (SSSR count). The van der Waals surface area contributed by atoms with Gasteiger partial charge in [-0.3, -0.25) is 0 Å². The molecule has 2 aromatic heterocycles. The number of hydrogen-bond acceptors (Lipinski definition) is 4. The first kappa shape index (κ1) is 10.3. The Hall–Kier alpha value is -2.25. The molecule has 0 spiro atoms. The van der Waals surface area contributed by atoms with Crippen LogP contribution in [0.4, 0.5) is 8.78 Å². The van der Waals surface area contributed by atoms with Crippen molar-refractivity contribution in [3.8, 4) is 11.4 Å². The van der Waals surface area contributed by atoms with Gasteiger partial charge in [0.2, 0.25) is 5.76 Å². The van der Waals surface area contributed by atoms with Crippen molar-refractivity contribution in [3.05, 3.63) is 23.8 Å². The van der Waals surface area contributed by atoms with E-state index < -0.39 is 23.7 Å². The number of aromatic amines is 1. The third-order valence-electron chi connectivity index (χ3n) is 1.88. The van der Waals surface area contributed by atoms with E-state index in [1.807, 2.05) is 0 Å². The molecule has 0 saturated carbocycles. The van der Waals surface area contributed by atoms with Crippen LogP contribution in [-0.2, 0) is 0 Å². The molecular weight excluding hydrogens is 224 g/mol. The molecule has 6 nitrogen and oxygen atoms in total. The molecule has 0 amide bonds. The van der Waals surface area contributed by atoms with Crippen molar-refractivity contribution in [3.63, 3.8) is 0 Å². The Balaban J connectivity index is 2.59. The number of rotatable bonds is 3. The Morgan fingerprint density at radius 3 is 2.81 bits per heavy atom. The van der Waals surface area contributed by atoms with Gasteiger partial charge in [0.25, 0.3) is 6.43 Å². The molecule has 2 aromatic rings. The molecule has 16 heavy (non-hydrogen) atoms. The van der Waals surface area contributed by atoms with E-state index >= 15 is 0 Å².